The third kappa shape index (κ3) is 1.97. The summed E-state index contributed by atoms with van der Waals surface area (Å²) < 4.78 is 0. The number of rotatable bonds is 1. The summed E-state index contributed by atoms with van der Waals surface area (Å²) in [5, 5.41) is 0. The Morgan fingerprint density at radius 3 is 2.42 bits per heavy atom. The van der Waals surface area contributed by atoms with E-state index in [9.17, 15) is 0 Å². The molecule has 2 rings (SSSR count). The van der Waals surface area contributed by atoms with Gasteiger partial charge in [0.25, 0.3) is 0 Å². The molecule has 0 unspecified atom stereocenters. The van der Waals surface area contributed by atoms with Gasteiger partial charge < -0.3 is 9.97 Å². The largest absolute Gasteiger partial charge is 1.00 e. The summed E-state index contributed by atoms with van der Waals surface area (Å²) in [4.78, 5) is 7.96. The maximum atomic E-state index is 4.08. The predicted octanol–water partition coefficient (Wildman–Crippen LogP) is -1.29. The molecule has 0 atom stereocenters. The van der Waals surface area contributed by atoms with Crippen LogP contribution in [0.2, 0.25) is 0 Å². The molecule has 0 spiro atoms. The molecule has 12 heavy (non-hydrogen) atoms. The molecular weight excluding hydrogens is 159 g/mol. The zero-order valence-corrected chi connectivity index (χ0v) is 8.94. The van der Waals surface area contributed by atoms with Crippen LogP contribution in [0, 0.1) is 0 Å². The van der Waals surface area contributed by atoms with Gasteiger partial charge in [-0.2, -0.15) is 0 Å². The molecule has 0 aliphatic carbocycles. The Bertz CT molecular complexity index is 316. The van der Waals surface area contributed by atoms with Gasteiger partial charge in [-0.1, -0.05) is 42.9 Å². The maximum Gasteiger partial charge on any atom is 1.00 e. The van der Waals surface area contributed by atoms with Crippen LogP contribution in [0.25, 0.3) is 11.3 Å². The molecule has 2 aromatic rings. The van der Waals surface area contributed by atoms with E-state index in [2.05, 4.69) is 9.97 Å². The van der Waals surface area contributed by atoms with Gasteiger partial charge in [0.2, 0.25) is 0 Å². The van der Waals surface area contributed by atoms with Gasteiger partial charge in [-0.25, -0.2) is 0 Å². The minimum absolute atomic E-state index is 0. The van der Waals surface area contributed by atoms with Gasteiger partial charge in [0.05, 0.1) is 0 Å². The van der Waals surface area contributed by atoms with Crippen molar-refractivity contribution >= 4 is 0 Å². The second-order valence-electron chi connectivity index (χ2n) is 2.27. The fourth-order valence-corrected chi connectivity index (χ4v) is 0.991. The normalized spacial score (nSPS) is 9.00. The predicted molar refractivity (Wildman–Crippen MR) is 43.0 cm³/mol. The smallest absolute Gasteiger partial charge is 0.449 e. The Morgan fingerprint density at radius 1 is 1.08 bits per heavy atom. The molecule has 0 aliphatic rings. The molecule has 0 N–H and O–H groups in total. The molecule has 0 fully saturated rings. The van der Waals surface area contributed by atoms with Crippen molar-refractivity contribution in [2.45, 2.75) is 0 Å². The number of nitrogens with zero attached hydrogens (tertiary/aromatic N) is 2. The minimum Gasteiger partial charge on any atom is -0.449 e. The Kier molecular flexibility index (Phi) is 3.53. The van der Waals surface area contributed by atoms with Crippen LogP contribution in [-0.4, -0.2) is 4.98 Å². The fourth-order valence-electron chi connectivity index (χ4n) is 0.991. The second-order valence-corrected chi connectivity index (χ2v) is 2.27. The summed E-state index contributed by atoms with van der Waals surface area (Å²) in [6, 6.07) is 10.0. The molecule has 54 valence electrons. The number of benzene rings is 1. The third-order valence-electron chi connectivity index (χ3n) is 1.53. The quantitative estimate of drug-likeness (QED) is 0.493. The number of hydrogen-bond acceptors (Lipinski definition) is 1. The SMILES string of the molecule is [Na+].c1ccc(-c2c[n-]cn2)cc1. The zero-order valence-electron chi connectivity index (χ0n) is 6.94. The number of hydrogen-bond donors (Lipinski definition) is 0. The summed E-state index contributed by atoms with van der Waals surface area (Å²) in [5.41, 5.74) is 2.05. The van der Waals surface area contributed by atoms with Crippen molar-refractivity contribution in [1.29, 1.82) is 0 Å². The van der Waals surface area contributed by atoms with Crippen LogP contribution in [0.15, 0.2) is 42.9 Å². The van der Waals surface area contributed by atoms with Crippen molar-refractivity contribution in [1.82, 2.24) is 9.97 Å². The standard InChI is InChI=1S/C9H7N2.Na/c1-2-4-8(5-3-1)9-6-10-7-11-9;/h1-7H;/q-1;+1. The van der Waals surface area contributed by atoms with Crippen molar-refractivity contribution in [3.8, 4) is 11.3 Å². The van der Waals surface area contributed by atoms with Crippen LogP contribution in [0.3, 0.4) is 0 Å². The molecular formula is C9H7N2Na. The van der Waals surface area contributed by atoms with Gasteiger partial charge in [-0.15, -0.1) is 0 Å². The van der Waals surface area contributed by atoms with Gasteiger partial charge in [0, 0.05) is 0 Å². The van der Waals surface area contributed by atoms with E-state index in [0.717, 1.165) is 11.3 Å². The first-order chi connectivity index (χ1) is 5.47. The monoisotopic (exact) mass is 166 g/mol. The second kappa shape index (κ2) is 4.45. The van der Waals surface area contributed by atoms with Crippen LogP contribution in [0.5, 0.6) is 0 Å². The summed E-state index contributed by atoms with van der Waals surface area (Å²) in [5.74, 6) is 0. The van der Waals surface area contributed by atoms with E-state index in [1.165, 1.54) is 0 Å². The van der Waals surface area contributed by atoms with Crippen molar-refractivity contribution in [3.63, 3.8) is 0 Å². The van der Waals surface area contributed by atoms with E-state index >= 15 is 0 Å². The van der Waals surface area contributed by atoms with Crippen molar-refractivity contribution in [2.24, 2.45) is 0 Å². The molecule has 0 amide bonds. The van der Waals surface area contributed by atoms with E-state index in [1.54, 1.807) is 12.5 Å². The summed E-state index contributed by atoms with van der Waals surface area (Å²) in [7, 11) is 0. The van der Waals surface area contributed by atoms with Crippen LogP contribution in [-0.2, 0) is 0 Å². The molecule has 0 radical (unpaired) electrons. The Labute approximate surface area is 93.3 Å². The summed E-state index contributed by atoms with van der Waals surface area (Å²) in [6.45, 7) is 0. The third-order valence-corrected chi connectivity index (χ3v) is 1.53. The first kappa shape index (κ1) is 9.52. The molecule has 0 bridgehead atoms. The van der Waals surface area contributed by atoms with E-state index in [-0.39, 0.29) is 29.6 Å². The van der Waals surface area contributed by atoms with Crippen LogP contribution < -0.4 is 34.5 Å². The number of imidazole rings is 1. The Morgan fingerprint density at radius 2 is 1.83 bits per heavy atom. The van der Waals surface area contributed by atoms with Crippen LogP contribution in [0.4, 0.5) is 0 Å². The molecule has 1 heterocycles. The van der Waals surface area contributed by atoms with Gasteiger partial charge >= 0.3 is 29.6 Å². The average Bonchev–Trinajstić information content (AvgIpc) is 2.58. The first-order valence-corrected chi connectivity index (χ1v) is 3.45. The molecule has 0 aliphatic heterocycles. The first-order valence-electron chi connectivity index (χ1n) is 3.45. The van der Waals surface area contributed by atoms with Crippen molar-refractivity contribution in [3.05, 3.63) is 42.9 Å². The van der Waals surface area contributed by atoms with E-state index in [1.807, 2.05) is 30.3 Å². The Hall–Kier alpha value is -0.570. The van der Waals surface area contributed by atoms with Crippen molar-refractivity contribution < 1.29 is 29.6 Å². The summed E-state index contributed by atoms with van der Waals surface area (Å²) >= 11 is 0. The van der Waals surface area contributed by atoms with Gasteiger partial charge in [-0.3, -0.25) is 0 Å². The van der Waals surface area contributed by atoms with Gasteiger partial charge in [-0.05, 0) is 11.3 Å². The fraction of sp³-hybridized carbons (Fsp3) is 0. The molecule has 3 heteroatoms. The van der Waals surface area contributed by atoms with Gasteiger partial charge in [0.1, 0.15) is 0 Å². The van der Waals surface area contributed by atoms with E-state index in [4.69, 9.17) is 0 Å². The van der Waals surface area contributed by atoms with E-state index < -0.39 is 0 Å². The summed E-state index contributed by atoms with van der Waals surface area (Å²) in [6.07, 6.45) is 3.32. The van der Waals surface area contributed by atoms with E-state index in [0.29, 0.717) is 0 Å². The average molecular weight is 166 g/mol. The Balaban J connectivity index is 0.000000720. The topological polar surface area (TPSA) is 27.0 Å². The van der Waals surface area contributed by atoms with Crippen LogP contribution >= 0.6 is 0 Å². The molecule has 2 nitrogen and oxygen atoms in total. The molecule has 0 saturated heterocycles. The number of aromatic nitrogens is 2. The van der Waals surface area contributed by atoms with Crippen LogP contribution in [0.1, 0.15) is 0 Å². The van der Waals surface area contributed by atoms with Gasteiger partial charge in [0.15, 0.2) is 0 Å². The molecule has 1 aromatic heterocycles. The zero-order chi connectivity index (χ0) is 7.52. The maximum absolute atomic E-state index is 4.08. The minimum atomic E-state index is 0. The van der Waals surface area contributed by atoms with Crippen molar-refractivity contribution in [2.75, 3.05) is 0 Å². The molecule has 1 aromatic carbocycles. The molecule has 0 saturated carbocycles.